The molecule has 2 aromatic carbocycles. The van der Waals surface area contributed by atoms with Crippen LogP contribution in [0.15, 0.2) is 36.4 Å². The fraction of sp³-hybridized carbons (Fsp3) is 0.350. The van der Waals surface area contributed by atoms with Gasteiger partial charge in [-0.1, -0.05) is 12.1 Å². The number of carbonyl (C=O) groups excluding carboxylic acids is 1. The van der Waals surface area contributed by atoms with E-state index in [9.17, 15) is 14.3 Å². The first kappa shape index (κ1) is 17.4. The minimum Gasteiger partial charge on any atom is -0.493 e. The topological polar surface area (TPSA) is 58.6 Å². The van der Waals surface area contributed by atoms with Crippen LogP contribution in [0.2, 0.25) is 0 Å². The van der Waals surface area contributed by atoms with Gasteiger partial charge in [0.1, 0.15) is 11.6 Å². The van der Waals surface area contributed by atoms with E-state index in [1.54, 1.807) is 18.2 Å². The van der Waals surface area contributed by atoms with E-state index in [-0.39, 0.29) is 10.7 Å². The molecule has 1 saturated carbocycles. The summed E-state index contributed by atoms with van der Waals surface area (Å²) in [5.74, 6) is -0.0643. The van der Waals surface area contributed by atoms with Gasteiger partial charge in [0.2, 0.25) is 0 Å². The Kier molecular flexibility index (Phi) is 4.40. The van der Waals surface area contributed by atoms with Gasteiger partial charge in [-0.3, -0.25) is 9.52 Å². The summed E-state index contributed by atoms with van der Waals surface area (Å²) < 4.78 is 22.5. The summed E-state index contributed by atoms with van der Waals surface area (Å²) in [6.07, 6.45) is 2.16. The average molecular weight is 373 g/mol. The predicted octanol–water partition coefficient (Wildman–Crippen LogP) is 4.24. The third-order valence-corrected chi connectivity index (χ3v) is 6.09. The molecule has 6 heteroatoms. The number of carbonyl (C=O) groups is 1. The molecule has 2 N–H and O–H groups in total. The second kappa shape index (κ2) is 6.59. The summed E-state index contributed by atoms with van der Waals surface area (Å²) in [5, 5.41) is 10.1. The molecule has 4 nitrogen and oxygen atoms in total. The average Bonchev–Trinajstić information content (AvgIpc) is 3.37. The van der Waals surface area contributed by atoms with Crippen LogP contribution in [0.1, 0.15) is 48.2 Å². The predicted molar refractivity (Wildman–Crippen MR) is 99.6 cm³/mol. The van der Waals surface area contributed by atoms with E-state index in [1.807, 2.05) is 0 Å². The van der Waals surface area contributed by atoms with E-state index in [0.717, 1.165) is 18.4 Å². The molecule has 0 unspecified atom stereocenters. The van der Waals surface area contributed by atoms with Gasteiger partial charge in [0, 0.05) is 22.3 Å². The van der Waals surface area contributed by atoms with Gasteiger partial charge in [-0.25, -0.2) is 4.39 Å². The highest BCUT2D eigenvalue weighted by Crippen LogP contribution is 2.46. The van der Waals surface area contributed by atoms with Crippen molar-refractivity contribution in [1.29, 1.82) is 0 Å². The number of hydrogen-bond donors (Lipinski definition) is 2. The molecule has 0 saturated heterocycles. The van der Waals surface area contributed by atoms with E-state index >= 15 is 0 Å². The Balaban J connectivity index is 1.67. The monoisotopic (exact) mass is 373 g/mol. The maximum absolute atomic E-state index is 13.9. The Morgan fingerprint density at radius 1 is 1.31 bits per heavy atom. The zero-order chi connectivity index (χ0) is 18.3. The van der Waals surface area contributed by atoms with E-state index in [4.69, 9.17) is 4.74 Å². The molecule has 1 aliphatic heterocycles. The van der Waals surface area contributed by atoms with Crippen molar-refractivity contribution in [3.63, 3.8) is 0 Å². The summed E-state index contributed by atoms with van der Waals surface area (Å²) in [6, 6.07) is 9.49. The maximum Gasteiger partial charge on any atom is 0.261 e. The Morgan fingerprint density at radius 3 is 2.88 bits per heavy atom. The number of aliphatic hydroxyl groups is 1. The molecule has 1 aliphatic carbocycles. The molecule has 2 aromatic rings. The molecule has 0 aromatic heterocycles. The summed E-state index contributed by atoms with van der Waals surface area (Å²) in [4.78, 5) is 12.6. The second-order valence-electron chi connectivity index (χ2n) is 7.08. The molecule has 26 heavy (non-hydrogen) atoms. The number of aliphatic hydroxyl groups excluding tert-OH is 1. The van der Waals surface area contributed by atoms with Gasteiger partial charge in [-0.05, 0) is 67.1 Å². The molecule has 2 aliphatic rings. The lowest BCUT2D eigenvalue weighted by molar-refractivity contribution is 0.0984. The maximum atomic E-state index is 13.9. The quantitative estimate of drug-likeness (QED) is 0.787. The molecule has 136 valence electrons. The smallest absolute Gasteiger partial charge is 0.261 e. The van der Waals surface area contributed by atoms with Crippen LogP contribution < -0.4 is 9.46 Å². The lowest BCUT2D eigenvalue weighted by Gasteiger charge is -2.23. The Hall–Kier alpha value is -2.05. The lowest BCUT2D eigenvalue weighted by Crippen LogP contribution is -2.20. The third-order valence-electron chi connectivity index (χ3n) is 4.90. The van der Waals surface area contributed by atoms with Gasteiger partial charge in [0.25, 0.3) is 5.91 Å². The fourth-order valence-electron chi connectivity index (χ4n) is 2.99. The summed E-state index contributed by atoms with van der Waals surface area (Å²) >= 11 is 1.43. The molecule has 1 fully saturated rings. The van der Waals surface area contributed by atoms with Crippen LogP contribution >= 0.6 is 11.9 Å². The molecule has 0 spiro atoms. The van der Waals surface area contributed by atoms with Crippen molar-refractivity contribution in [3.8, 4) is 16.9 Å². The molecule has 4 rings (SSSR count). The van der Waals surface area contributed by atoms with Crippen molar-refractivity contribution < 1.29 is 19.0 Å². The van der Waals surface area contributed by atoms with Crippen molar-refractivity contribution in [3.05, 3.63) is 53.3 Å². The second-order valence-corrected chi connectivity index (χ2v) is 8.47. The van der Waals surface area contributed by atoms with E-state index in [1.165, 1.54) is 30.1 Å². The highest BCUT2D eigenvalue weighted by Gasteiger charge is 2.39. The van der Waals surface area contributed by atoms with Crippen LogP contribution in [0.4, 0.5) is 4.39 Å². The van der Waals surface area contributed by atoms with Gasteiger partial charge in [-0.15, -0.1) is 0 Å². The van der Waals surface area contributed by atoms with E-state index in [2.05, 4.69) is 11.6 Å². The first-order valence-corrected chi connectivity index (χ1v) is 9.50. The van der Waals surface area contributed by atoms with Crippen LogP contribution in [0.5, 0.6) is 5.75 Å². The molecular weight excluding hydrogens is 353 g/mol. The minimum atomic E-state index is -0.557. The molecule has 1 atom stereocenters. The molecule has 1 amide bonds. The number of amides is 1. The zero-order valence-electron chi connectivity index (χ0n) is 14.4. The Labute approximate surface area is 155 Å². The fourth-order valence-corrected chi connectivity index (χ4v) is 3.75. The summed E-state index contributed by atoms with van der Waals surface area (Å²) in [7, 11) is 0. The van der Waals surface area contributed by atoms with Crippen LogP contribution in [0.25, 0.3) is 11.1 Å². The summed E-state index contributed by atoms with van der Waals surface area (Å²) in [5.41, 5.74) is 2.33. The van der Waals surface area contributed by atoms with Gasteiger partial charge < -0.3 is 9.84 Å². The standard InChI is InChI=1S/C20H20FNO3S/c1-20(7-8-20)26-22-19(24)14-5-3-13(21)11-16(14)12-2-4-15-17(23)6-9-25-18(15)10-12/h2-5,10-11,17,23H,6-9H2,1H3,(H,22,24)/t17-/m0/s1. The van der Waals surface area contributed by atoms with E-state index < -0.39 is 11.9 Å². The number of rotatable bonds is 4. The number of halogens is 1. The van der Waals surface area contributed by atoms with Gasteiger partial charge in [0.05, 0.1) is 12.7 Å². The highest BCUT2D eigenvalue weighted by molar-refractivity contribution is 7.99. The Morgan fingerprint density at radius 2 is 2.12 bits per heavy atom. The van der Waals surface area contributed by atoms with Crippen molar-refractivity contribution in [2.45, 2.75) is 37.0 Å². The Bertz CT molecular complexity index is 866. The zero-order valence-corrected chi connectivity index (χ0v) is 15.2. The molecule has 1 heterocycles. The van der Waals surface area contributed by atoms with Gasteiger partial charge >= 0.3 is 0 Å². The van der Waals surface area contributed by atoms with Crippen LogP contribution in [-0.2, 0) is 0 Å². The van der Waals surface area contributed by atoms with Crippen molar-refractivity contribution in [1.82, 2.24) is 4.72 Å². The first-order valence-electron chi connectivity index (χ1n) is 8.68. The number of ether oxygens (including phenoxy) is 1. The number of fused-ring (bicyclic) bond motifs is 1. The SMILES string of the molecule is CC1(SNC(=O)c2ccc(F)cc2-c2ccc3c(c2)OCC[C@@H]3O)CC1. The first-order chi connectivity index (χ1) is 12.5. The molecule has 0 bridgehead atoms. The van der Waals surface area contributed by atoms with E-state index in [0.29, 0.717) is 35.5 Å². The van der Waals surface area contributed by atoms with Crippen LogP contribution in [-0.4, -0.2) is 22.4 Å². The van der Waals surface area contributed by atoms with Crippen LogP contribution in [0, 0.1) is 5.82 Å². The third kappa shape index (κ3) is 3.44. The number of benzene rings is 2. The van der Waals surface area contributed by atoms with Crippen molar-refractivity contribution in [2.24, 2.45) is 0 Å². The lowest BCUT2D eigenvalue weighted by atomic mass is 9.95. The molecular formula is C20H20FNO3S. The highest BCUT2D eigenvalue weighted by atomic mass is 32.2. The number of hydrogen-bond acceptors (Lipinski definition) is 4. The normalized spacial score (nSPS) is 20.0. The largest absolute Gasteiger partial charge is 0.493 e. The minimum absolute atomic E-state index is 0.117. The van der Waals surface area contributed by atoms with Gasteiger partial charge in [0.15, 0.2) is 0 Å². The van der Waals surface area contributed by atoms with Crippen molar-refractivity contribution in [2.75, 3.05) is 6.61 Å². The van der Waals surface area contributed by atoms with Crippen molar-refractivity contribution >= 4 is 17.9 Å². The van der Waals surface area contributed by atoms with Crippen LogP contribution in [0.3, 0.4) is 0 Å². The summed E-state index contributed by atoms with van der Waals surface area (Å²) in [6.45, 7) is 2.54. The number of nitrogens with one attached hydrogen (secondary N) is 1. The molecule has 0 radical (unpaired) electrons. The van der Waals surface area contributed by atoms with Gasteiger partial charge in [-0.2, -0.15) is 0 Å².